The van der Waals surface area contributed by atoms with Crippen LogP contribution in [0, 0.1) is 5.92 Å². The number of anilines is 1. The largest absolute Gasteiger partial charge is 0.491 e. The van der Waals surface area contributed by atoms with Gasteiger partial charge in [0.25, 0.3) is 5.91 Å². The summed E-state index contributed by atoms with van der Waals surface area (Å²) < 4.78 is 5.53. The second-order valence-corrected chi connectivity index (χ2v) is 4.04. The molecule has 0 saturated carbocycles. The molecule has 1 aromatic carbocycles. The second kappa shape index (κ2) is 5.39. The summed E-state index contributed by atoms with van der Waals surface area (Å²) in [5.74, 6) is 0.840. The predicted molar refractivity (Wildman–Crippen MR) is 64.6 cm³/mol. The summed E-state index contributed by atoms with van der Waals surface area (Å²) in [6, 6.07) is 5.02. The molecule has 0 aliphatic carbocycles. The molecule has 0 heterocycles. The molecule has 0 unspecified atom stereocenters. The van der Waals surface area contributed by atoms with Crippen LogP contribution < -0.4 is 15.8 Å². The van der Waals surface area contributed by atoms with Crippen LogP contribution in [-0.2, 0) is 0 Å². The van der Waals surface area contributed by atoms with Gasteiger partial charge in [-0.2, -0.15) is 0 Å². The van der Waals surface area contributed by atoms with Gasteiger partial charge in [0.15, 0.2) is 0 Å². The van der Waals surface area contributed by atoms with Crippen molar-refractivity contribution in [2.75, 3.05) is 19.4 Å². The summed E-state index contributed by atoms with van der Waals surface area (Å²) >= 11 is 0. The highest BCUT2D eigenvalue weighted by atomic mass is 16.5. The van der Waals surface area contributed by atoms with Crippen molar-refractivity contribution in [1.82, 2.24) is 5.32 Å². The minimum absolute atomic E-state index is 0.144. The van der Waals surface area contributed by atoms with E-state index in [1.807, 2.05) is 0 Å². The Labute approximate surface area is 95.8 Å². The molecule has 16 heavy (non-hydrogen) atoms. The fourth-order valence-corrected chi connectivity index (χ4v) is 1.20. The van der Waals surface area contributed by atoms with Crippen LogP contribution >= 0.6 is 0 Å². The first-order valence-electron chi connectivity index (χ1n) is 5.29. The van der Waals surface area contributed by atoms with Gasteiger partial charge in [0.1, 0.15) is 5.75 Å². The number of hydrogen-bond donors (Lipinski definition) is 2. The summed E-state index contributed by atoms with van der Waals surface area (Å²) in [5.41, 5.74) is 6.86. The Morgan fingerprint density at radius 3 is 2.75 bits per heavy atom. The molecule has 1 rings (SSSR count). The molecular formula is C12H18N2O2. The maximum Gasteiger partial charge on any atom is 0.251 e. The van der Waals surface area contributed by atoms with E-state index in [9.17, 15) is 4.79 Å². The van der Waals surface area contributed by atoms with E-state index in [1.165, 1.54) is 0 Å². The highest BCUT2D eigenvalue weighted by Crippen LogP contribution is 2.23. The number of carbonyl (C=O) groups excluding carboxylic acids is 1. The molecule has 0 fully saturated rings. The normalized spacial score (nSPS) is 10.2. The fourth-order valence-electron chi connectivity index (χ4n) is 1.20. The molecule has 0 radical (unpaired) electrons. The first-order chi connectivity index (χ1) is 7.54. The smallest absolute Gasteiger partial charge is 0.251 e. The lowest BCUT2D eigenvalue weighted by molar-refractivity contribution is 0.0962. The summed E-state index contributed by atoms with van der Waals surface area (Å²) in [6.07, 6.45) is 0. The number of amides is 1. The summed E-state index contributed by atoms with van der Waals surface area (Å²) in [6.45, 7) is 4.69. The van der Waals surface area contributed by atoms with Crippen molar-refractivity contribution in [3.63, 3.8) is 0 Å². The van der Waals surface area contributed by atoms with Crippen LogP contribution in [0.15, 0.2) is 18.2 Å². The Morgan fingerprint density at radius 1 is 1.50 bits per heavy atom. The van der Waals surface area contributed by atoms with Crippen LogP contribution in [-0.4, -0.2) is 19.6 Å². The van der Waals surface area contributed by atoms with Crippen molar-refractivity contribution in [3.8, 4) is 5.75 Å². The second-order valence-electron chi connectivity index (χ2n) is 4.04. The van der Waals surface area contributed by atoms with Gasteiger partial charge in [-0.05, 0) is 24.1 Å². The lowest BCUT2D eigenvalue weighted by Gasteiger charge is -2.12. The maximum atomic E-state index is 11.4. The molecule has 0 aromatic heterocycles. The SMILES string of the molecule is CNC(=O)c1ccc(N)c(OCC(C)C)c1. The number of hydrogen-bond acceptors (Lipinski definition) is 3. The molecule has 0 aliphatic heterocycles. The monoisotopic (exact) mass is 222 g/mol. The van der Waals surface area contributed by atoms with Crippen LogP contribution in [0.3, 0.4) is 0 Å². The summed E-state index contributed by atoms with van der Waals surface area (Å²) in [4.78, 5) is 11.4. The predicted octanol–water partition coefficient (Wildman–Crippen LogP) is 1.66. The van der Waals surface area contributed by atoms with E-state index in [1.54, 1.807) is 25.2 Å². The van der Waals surface area contributed by atoms with Gasteiger partial charge in [-0.3, -0.25) is 4.79 Å². The molecule has 1 aromatic rings. The Kier molecular flexibility index (Phi) is 4.17. The number of benzene rings is 1. The molecule has 4 heteroatoms. The molecule has 0 atom stereocenters. The van der Waals surface area contributed by atoms with Gasteiger partial charge in [0, 0.05) is 12.6 Å². The molecule has 0 aliphatic rings. The number of nitrogens with two attached hydrogens (primary N) is 1. The topological polar surface area (TPSA) is 64.4 Å². The van der Waals surface area contributed by atoms with E-state index < -0.39 is 0 Å². The van der Waals surface area contributed by atoms with Crippen molar-refractivity contribution in [1.29, 1.82) is 0 Å². The minimum atomic E-state index is -0.144. The van der Waals surface area contributed by atoms with Crippen LogP contribution in [0.1, 0.15) is 24.2 Å². The van der Waals surface area contributed by atoms with Gasteiger partial charge in [0.2, 0.25) is 0 Å². The summed E-state index contributed by atoms with van der Waals surface area (Å²) in [7, 11) is 1.59. The Balaban J connectivity index is 2.86. The standard InChI is InChI=1S/C12H18N2O2/c1-8(2)7-16-11-6-9(12(15)14-3)4-5-10(11)13/h4-6,8H,7,13H2,1-3H3,(H,14,15). The number of ether oxygens (including phenoxy) is 1. The van der Waals surface area contributed by atoms with Crippen LogP contribution in [0.25, 0.3) is 0 Å². The van der Waals surface area contributed by atoms with E-state index in [4.69, 9.17) is 10.5 Å². The lowest BCUT2D eigenvalue weighted by atomic mass is 10.1. The average molecular weight is 222 g/mol. The zero-order valence-electron chi connectivity index (χ0n) is 9.91. The average Bonchev–Trinajstić information content (AvgIpc) is 2.26. The van der Waals surface area contributed by atoms with E-state index in [-0.39, 0.29) is 5.91 Å². The highest BCUT2D eigenvalue weighted by Gasteiger charge is 2.08. The number of nitrogens with one attached hydrogen (secondary N) is 1. The van der Waals surface area contributed by atoms with E-state index >= 15 is 0 Å². The van der Waals surface area contributed by atoms with Crippen LogP contribution in [0.4, 0.5) is 5.69 Å². The third-order valence-corrected chi connectivity index (χ3v) is 2.07. The molecular weight excluding hydrogens is 204 g/mol. The number of rotatable bonds is 4. The zero-order chi connectivity index (χ0) is 12.1. The first kappa shape index (κ1) is 12.4. The Hall–Kier alpha value is -1.71. The van der Waals surface area contributed by atoms with E-state index in [0.29, 0.717) is 29.5 Å². The van der Waals surface area contributed by atoms with Crippen molar-refractivity contribution < 1.29 is 9.53 Å². The van der Waals surface area contributed by atoms with Crippen molar-refractivity contribution in [2.45, 2.75) is 13.8 Å². The Morgan fingerprint density at radius 2 is 2.19 bits per heavy atom. The summed E-state index contributed by atoms with van der Waals surface area (Å²) in [5, 5.41) is 2.56. The van der Waals surface area contributed by atoms with Gasteiger partial charge in [0.05, 0.1) is 12.3 Å². The van der Waals surface area contributed by atoms with Gasteiger partial charge < -0.3 is 15.8 Å². The maximum absolute atomic E-state index is 11.4. The van der Waals surface area contributed by atoms with Crippen LogP contribution in [0.5, 0.6) is 5.75 Å². The molecule has 4 nitrogen and oxygen atoms in total. The van der Waals surface area contributed by atoms with E-state index in [2.05, 4.69) is 19.2 Å². The van der Waals surface area contributed by atoms with Gasteiger partial charge in [-0.1, -0.05) is 13.8 Å². The molecule has 88 valence electrons. The van der Waals surface area contributed by atoms with Gasteiger partial charge >= 0.3 is 0 Å². The lowest BCUT2D eigenvalue weighted by Crippen LogP contribution is -2.18. The molecule has 3 N–H and O–H groups in total. The molecule has 0 bridgehead atoms. The van der Waals surface area contributed by atoms with Crippen molar-refractivity contribution in [2.24, 2.45) is 5.92 Å². The minimum Gasteiger partial charge on any atom is -0.491 e. The quantitative estimate of drug-likeness (QED) is 0.761. The Bertz CT molecular complexity index is 375. The van der Waals surface area contributed by atoms with Crippen molar-refractivity contribution >= 4 is 11.6 Å². The third kappa shape index (κ3) is 3.15. The third-order valence-electron chi connectivity index (χ3n) is 2.07. The number of nitrogen functional groups attached to an aromatic ring is 1. The van der Waals surface area contributed by atoms with Crippen molar-refractivity contribution in [3.05, 3.63) is 23.8 Å². The van der Waals surface area contributed by atoms with Gasteiger partial charge in [-0.25, -0.2) is 0 Å². The zero-order valence-corrected chi connectivity index (χ0v) is 9.91. The number of carbonyl (C=O) groups is 1. The van der Waals surface area contributed by atoms with Gasteiger partial charge in [-0.15, -0.1) is 0 Å². The fraction of sp³-hybridized carbons (Fsp3) is 0.417. The molecule has 0 saturated heterocycles. The van der Waals surface area contributed by atoms with Crippen LogP contribution in [0.2, 0.25) is 0 Å². The highest BCUT2D eigenvalue weighted by molar-refractivity contribution is 5.95. The first-order valence-corrected chi connectivity index (χ1v) is 5.29. The molecule has 0 spiro atoms. The molecule has 1 amide bonds. The van der Waals surface area contributed by atoms with E-state index in [0.717, 1.165) is 0 Å².